The molecule has 0 aliphatic carbocycles. The molecule has 1 aromatic rings. The molecule has 0 radical (unpaired) electrons. The number of carboxylic acid groups (broad SMARTS) is 1. The van der Waals surface area contributed by atoms with Gasteiger partial charge in [-0.2, -0.15) is 0 Å². The third-order valence-corrected chi connectivity index (χ3v) is 1.52. The molecule has 0 fully saturated rings. The summed E-state index contributed by atoms with van der Waals surface area (Å²) in [6.45, 7) is 2.19. The van der Waals surface area contributed by atoms with Gasteiger partial charge < -0.3 is 14.4 Å². The number of rotatable bonds is 5. The van der Waals surface area contributed by atoms with Crippen LogP contribution in [0.2, 0.25) is 0 Å². The van der Waals surface area contributed by atoms with Gasteiger partial charge in [0.2, 0.25) is 0 Å². The van der Waals surface area contributed by atoms with Crippen LogP contribution in [0.4, 0.5) is 0 Å². The lowest BCUT2D eigenvalue weighted by Gasteiger charge is -2.11. The van der Waals surface area contributed by atoms with E-state index in [4.69, 9.17) is 9.84 Å². The summed E-state index contributed by atoms with van der Waals surface area (Å²) in [5, 5.41) is 8.34. The van der Waals surface area contributed by atoms with Crippen LogP contribution in [0.3, 0.4) is 0 Å². The minimum absolute atomic E-state index is 0.120. The van der Waals surface area contributed by atoms with Gasteiger partial charge in [0, 0.05) is 18.9 Å². The van der Waals surface area contributed by atoms with Crippen LogP contribution in [0.1, 0.15) is 6.92 Å². The normalized spacial score (nSPS) is 12.7. The molecule has 1 unspecified atom stereocenters. The van der Waals surface area contributed by atoms with E-state index < -0.39 is 5.97 Å². The molecule has 1 N–H and O–H groups in total. The molecule has 13 heavy (non-hydrogen) atoms. The first-order valence-electron chi connectivity index (χ1n) is 3.97. The highest BCUT2D eigenvalue weighted by atomic mass is 16.5. The highest BCUT2D eigenvalue weighted by Crippen LogP contribution is 1.96. The Labute approximate surface area is 76.0 Å². The Morgan fingerprint density at radius 1 is 1.77 bits per heavy atom. The van der Waals surface area contributed by atoms with Crippen molar-refractivity contribution >= 4 is 5.97 Å². The predicted octanol–water partition coefficient (Wildman–Crippen LogP) is 0.373. The largest absolute Gasteiger partial charge is 0.480 e. The first kappa shape index (κ1) is 9.73. The van der Waals surface area contributed by atoms with Gasteiger partial charge in [0.1, 0.15) is 6.61 Å². The number of hydrogen-bond donors (Lipinski definition) is 1. The van der Waals surface area contributed by atoms with Crippen molar-refractivity contribution < 1.29 is 14.6 Å². The summed E-state index contributed by atoms with van der Waals surface area (Å²) in [7, 11) is 0. The number of ether oxygens (including phenoxy) is 1. The van der Waals surface area contributed by atoms with E-state index in [9.17, 15) is 4.79 Å². The second-order valence-electron chi connectivity index (χ2n) is 2.77. The fourth-order valence-electron chi connectivity index (χ4n) is 0.958. The Balaban J connectivity index is 2.25. The smallest absolute Gasteiger partial charge is 0.329 e. The zero-order chi connectivity index (χ0) is 9.68. The molecule has 0 saturated carbocycles. The molecular formula is C8H12N2O3. The van der Waals surface area contributed by atoms with Gasteiger partial charge >= 0.3 is 5.97 Å². The van der Waals surface area contributed by atoms with E-state index in [1.807, 2.05) is 11.5 Å². The van der Waals surface area contributed by atoms with Crippen molar-refractivity contribution in [2.75, 3.05) is 6.61 Å². The fraction of sp³-hybridized carbons (Fsp3) is 0.500. The van der Waals surface area contributed by atoms with Crippen molar-refractivity contribution in [2.24, 2.45) is 0 Å². The summed E-state index contributed by atoms with van der Waals surface area (Å²) in [5.74, 6) is -0.947. The molecule has 0 spiro atoms. The SMILES string of the molecule is CC(Cn1ccnc1)OCC(=O)O. The molecule has 1 aromatic heterocycles. The van der Waals surface area contributed by atoms with Crippen LogP contribution in [0, 0.1) is 0 Å². The van der Waals surface area contributed by atoms with Crippen LogP contribution in [0.15, 0.2) is 18.7 Å². The minimum Gasteiger partial charge on any atom is -0.480 e. The lowest BCUT2D eigenvalue weighted by Crippen LogP contribution is -2.19. The molecule has 0 aromatic carbocycles. The van der Waals surface area contributed by atoms with Crippen LogP contribution in [0.25, 0.3) is 0 Å². The first-order valence-corrected chi connectivity index (χ1v) is 3.97. The van der Waals surface area contributed by atoms with Crippen molar-refractivity contribution in [1.29, 1.82) is 0 Å². The van der Waals surface area contributed by atoms with Gasteiger partial charge in [-0.1, -0.05) is 0 Å². The maximum Gasteiger partial charge on any atom is 0.329 e. The Bertz CT molecular complexity index is 258. The molecule has 5 nitrogen and oxygen atoms in total. The summed E-state index contributed by atoms with van der Waals surface area (Å²) < 4.78 is 6.87. The van der Waals surface area contributed by atoms with Crippen molar-refractivity contribution in [3.63, 3.8) is 0 Å². The Morgan fingerprint density at radius 3 is 3.08 bits per heavy atom. The number of aromatic nitrogens is 2. The van der Waals surface area contributed by atoms with Gasteiger partial charge in [-0.25, -0.2) is 9.78 Å². The van der Waals surface area contributed by atoms with Gasteiger partial charge in [0.05, 0.1) is 12.4 Å². The van der Waals surface area contributed by atoms with E-state index in [-0.39, 0.29) is 12.7 Å². The summed E-state index contributed by atoms with van der Waals surface area (Å²) in [6, 6.07) is 0. The standard InChI is InChI=1S/C8H12N2O3/c1-7(13-5-8(11)12)4-10-3-2-9-6-10/h2-3,6-7H,4-5H2,1H3,(H,11,12). The number of carbonyl (C=O) groups is 1. The first-order chi connectivity index (χ1) is 6.18. The van der Waals surface area contributed by atoms with Crippen molar-refractivity contribution in [3.8, 4) is 0 Å². The monoisotopic (exact) mass is 184 g/mol. The van der Waals surface area contributed by atoms with Crippen molar-refractivity contribution in [3.05, 3.63) is 18.7 Å². The third kappa shape index (κ3) is 3.71. The summed E-state index contributed by atoms with van der Waals surface area (Å²) in [5.41, 5.74) is 0. The Morgan fingerprint density at radius 2 is 2.54 bits per heavy atom. The van der Waals surface area contributed by atoms with Gasteiger partial charge in [-0.05, 0) is 6.92 Å². The van der Waals surface area contributed by atoms with Gasteiger partial charge in [-0.15, -0.1) is 0 Å². The van der Waals surface area contributed by atoms with E-state index in [0.717, 1.165) is 0 Å². The highest BCUT2D eigenvalue weighted by molar-refractivity contribution is 5.68. The fourth-order valence-corrected chi connectivity index (χ4v) is 0.958. The Hall–Kier alpha value is -1.36. The number of hydrogen-bond acceptors (Lipinski definition) is 3. The molecular weight excluding hydrogens is 172 g/mol. The molecule has 5 heteroatoms. The highest BCUT2D eigenvalue weighted by Gasteiger charge is 2.05. The minimum atomic E-state index is -0.947. The topological polar surface area (TPSA) is 64.4 Å². The van der Waals surface area contributed by atoms with E-state index in [0.29, 0.717) is 6.54 Å². The van der Waals surface area contributed by atoms with Crippen molar-refractivity contribution in [1.82, 2.24) is 9.55 Å². The zero-order valence-electron chi connectivity index (χ0n) is 7.38. The summed E-state index contributed by atoms with van der Waals surface area (Å²) in [4.78, 5) is 14.0. The van der Waals surface area contributed by atoms with E-state index >= 15 is 0 Å². The number of nitrogens with zero attached hydrogens (tertiary/aromatic N) is 2. The van der Waals surface area contributed by atoms with E-state index in [2.05, 4.69) is 4.98 Å². The molecule has 0 aliphatic rings. The molecule has 0 aliphatic heterocycles. The maximum atomic E-state index is 10.2. The molecule has 0 saturated heterocycles. The zero-order valence-corrected chi connectivity index (χ0v) is 7.38. The quantitative estimate of drug-likeness (QED) is 0.718. The lowest BCUT2D eigenvalue weighted by atomic mass is 10.4. The van der Waals surface area contributed by atoms with Crippen LogP contribution in [-0.4, -0.2) is 33.3 Å². The van der Waals surface area contributed by atoms with E-state index in [1.54, 1.807) is 18.7 Å². The average molecular weight is 184 g/mol. The second kappa shape index (κ2) is 4.61. The number of aliphatic carboxylic acids is 1. The van der Waals surface area contributed by atoms with Crippen LogP contribution in [-0.2, 0) is 16.1 Å². The number of imidazole rings is 1. The third-order valence-electron chi connectivity index (χ3n) is 1.52. The van der Waals surface area contributed by atoms with Crippen molar-refractivity contribution in [2.45, 2.75) is 19.6 Å². The molecule has 0 bridgehead atoms. The van der Waals surface area contributed by atoms with Gasteiger partial charge in [0.15, 0.2) is 0 Å². The van der Waals surface area contributed by atoms with Gasteiger partial charge in [0.25, 0.3) is 0 Å². The molecule has 1 rings (SSSR count). The number of carboxylic acids is 1. The molecule has 1 atom stereocenters. The summed E-state index contributed by atoms with van der Waals surface area (Å²) in [6.07, 6.45) is 5.02. The predicted molar refractivity (Wildman–Crippen MR) is 45.3 cm³/mol. The van der Waals surface area contributed by atoms with Crippen LogP contribution < -0.4 is 0 Å². The maximum absolute atomic E-state index is 10.2. The lowest BCUT2D eigenvalue weighted by molar-refractivity contribution is -0.144. The second-order valence-corrected chi connectivity index (χ2v) is 2.77. The molecule has 0 amide bonds. The average Bonchev–Trinajstić information content (AvgIpc) is 2.53. The van der Waals surface area contributed by atoms with Crippen LogP contribution in [0.5, 0.6) is 0 Å². The van der Waals surface area contributed by atoms with E-state index in [1.165, 1.54) is 0 Å². The van der Waals surface area contributed by atoms with Gasteiger partial charge in [-0.3, -0.25) is 0 Å². The molecule has 72 valence electrons. The Kier molecular flexibility index (Phi) is 3.45. The molecule has 1 heterocycles. The summed E-state index contributed by atoms with van der Waals surface area (Å²) >= 11 is 0. The van der Waals surface area contributed by atoms with Crippen LogP contribution >= 0.6 is 0 Å².